The van der Waals surface area contributed by atoms with Crippen LogP contribution in [0.5, 0.6) is 0 Å². The van der Waals surface area contributed by atoms with Crippen LogP contribution in [-0.4, -0.2) is 55.6 Å². The monoisotopic (exact) mass is 318 g/mol. The summed E-state index contributed by atoms with van der Waals surface area (Å²) in [7, 11) is 0. The largest absolute Gasteiger partial charge is 0.394 e. The third kappa shape index (κ3) is 2.50. The number of carbonyl (C=O) groups excluding carboxylic acids is 1. The van der Waals surface area contributed by atoms with Gasteiger partial charge in [-0.25, -0.2) is 4.79 Å². The van der Waals surface area contributed by atoms with Crippen molar-refractivity contribution in [1.82, 2.24) is 9.55 Å². The number of carbonyl (C=O) groups is 1. The van der Waals surface area contributed by atoms with Gasteiger partial charge in [0.2, 0.25) is 11.5 Å². The van der Waals surface area contributed by atoms with E-state index in [1.54, 1.807) is 4.98 Å². The summed E-state index contributed by atoms with van der Waals surface area (Å²) in [6, 6.07) is 0. The van der Waals surface area contributed by atoms with Gasteiger partial charge in [0.25, 0.3) is 5.56 Å². The number of rotatable bonds is 3. The topological polar surface area (TPSA) is 142 Å². The molecule has 2 rings (SSSR count). The third-order valence-corrected chi connectivity index (χ3v) is 3.63. The molecule has 1 aromatic rings. The second-order valence-corrected chi connectivity index (χ2v) is 5.05. The van der Waals surface area contributed by atoms with E-state index in [2.05, 4.69) is 0 Å². The van der Waals surface area contributed by atoms with Gasteiger partial charge in [-0.3, -0.25) is 19.1 Å². The SMILES string of the molecule is CC(=O)[C@]1(n2cc(F)c(=O)[nH]c2=O)C[C@@H](O)[C@@H](O)[C@@H](CO)O1. The average molecular weight is 318 g/mol. The minimum Gasteiger partial charge on any atom is -0.394 e. The van der Waals surface area contributed by atoms with Gasteiger partial charge < -0.3 is 20.1 Å². The molecule has 0 saturated carbocycles. The first-order chi connectivity index (χ1) is 10.2. The van der Waals surface area contributed by atoms with Gasteiger partial charge in [-0.05, 0) is 6.92 Å². The van der Waals surface area contributed by atoms with Crippen LogP contribution in [0.2, 0.25) is 0 Å². The zero-order chi connectivity index (χ0) is 16.7. The summed E-state index contributed by atoms with van der Waals surface area (Å²) in [5, 5.41) is 28.7. The molecule has 1 aliphatic heterocycles. The Labute approximate surface area is 122 Å². The molecule has 4 atom stereocenters. The molecule has 0 aromatic carbocycles. The molecule has 122 valence electrons. The normalized spacial score (nSPS) is 32.0. The molecular formula is C12H15FN2O7. The minimum atomic E-state index is -2.14. The second kappa shape index (κ2) is 5.72. The van der Waals surface area contributed by atoms with Crippen molar-refractivity contribution in [3.05, 3.63) is 32.9 Å². The molecular weight excluding hydrogens is 303 g/mol. The third-order valence-electron chi connectivity index (χ3n) is 3.63. The summed E-state index contributed by atoms with van der Waals surface area (Å²) in [6.45, 7) is 0.294. The number of halogens is 1. The Morgan fingerprint density at radius 3 is 2.73 bits per heavy atom. The Bertz CT molecular complexity index is 699. The van der Waals surface area contributed by atoms with Crippen LogP contribution in [0.3, 0.4) is 0 Å². The maximum Gasteiger partial charge on any atom is 0.331 e. The average Bonchev–Trinajstić information content (AvgIpc) is 2.45. The van der Waals surface area contributed by atoms with Crippen LogP contribution >= 0.6 is 0 Å². The molecule has 0 spiro atoms. The fraction of sp³-hybridized carbons (Fsp3) is 0.583. The number of nitrogens with zero attached hydrogens (tertiary/aromatic N) is 1. The first-order valence-electron chi connectivity index (χ1n) is 6.40. The number of nitrogens with one attached hydrogen (secondary N) is 1. The number of hydrogen-bond acceptors (Lipinski definition) is 7. The first kappa shape index (κ1) is 16.5. The standard InChI is InChI=1S/C12H15FN2O7/c1-5(17)12(2-7(18)9(19)8(4-16)22-12)15-3-6(13)10(20)14-11(15)21/h3,7-9,16,18-19H,2,4H2,1H3,(H,14,20,21)/t7-,8-,9-,12+/m1/s1. The Morgan fingerprint density at radius 1 is 1.55 bits per heavy atom. The number of aliphatic hydroxyl groups excluding tert-OH is 3. The quantitative estimate of drug-likeness (QED) is 0.479. The maximum atomic E-state index is 13.5. The molecule has 1 saturated heterocycles. The molecule has 1 aromatic heterocycles. The van der Waals surface area contributed by atoms with Crippen LogP contribution in [0, 0.1) is 5.82 Å². The molecule has 4 N–H and O–H groups in total. The molecule has 22 heavy (non-hydrogen) atoms. The molecule has 1 fully saturated rings. The molecule has 2 heterocycles. The summed E-state index contributed by atoms with van der Waals surface area (Å²) in [5.74, 6) is -2.10. The van der Waals surface area contributed by atoms with Gasteiger partial charge in [0.1, 0.15) is 12.2 Å². The number of aliphatic hydroxyl groups is 3. The van der Waals surface area contributed by atoms with E-state index in [0.29, 0.717) is 10.8 Å². The van der Waals surface area contributed by atoms with Crippen LogP contribution in [0.15, 0.2) is 15.8 Å². The molecule has 0 radical (unpaired) electrons. The van der Waals surface area contributed by atoms with Crippen molar-refractivity contribution in [2.24, 2.45) is 0 Å². The number of aromatic amines is 1. The molecule has 0 aliphatic carbocycles. The van der Waals surface area contributed by atoms with Crippen LogP contribution in [0.4, 0.5) is 4.39 Å². The van der Waals surface area contributed by atoms with Crippen LogP contribution in [0.1, 0.15) is 13.3 Å². The number of Topliss-reactive ketones (excluding diaryl/α,β-unsaturated/α-hetero) is 1. The number of ketones is 1. The van der Waals surface area contributed by atoms with Crippen molar-refractivity contribution in [3.8, 4) is 0 Å². The Hall–Kier alpha value is -1.88. The van der Waals surface area contributed by atoms with E-state index in [-0.39, 0.29) is 0 Å². The van der Waals surface area contributed by atoms with Gasteiger partial charge >= 0.3 is 5.69 Å². The van der Waals surface area contributed by atoms with Crippen molar-refractivity contribution in [1.29, 1.82) is 0 Å². The maximum absolute atomic E-state index is 13.5. The number of aromatic nitrogens is 2. The highest BCUT2D eigenvalue weighted by Gasteiger charge is 2.51. The van der Waals surface area contributed by atoms with Crippen LogP contribution < -0.4 is 11.2 Å². The summed E-state index contributed by atoms with van der Waals surface area (Å²) in [5.41, 5.74) is -4.54. The highest BCUT2D eigenvalue weighted by atomic mass is 19.1. The van der Waals surface area contributed by atoms with Gasteiger partial charge in [-0.2, -0.15) is 4.39 Å². The van der Waals surface area contributed by atoms with E-state index >= 15 is 0 Å². The molecule has 9 nitrogen and oxygen atoms in total. The van der Waals surface area contributed by atoms with Gasteiger partial charge in [0.05, 0.1) is 18.9 Å². The van der Waals surface area contributed by atoms with E-state index in [1.807, 2.05) is 0 Å². The summed E-state index contributed by atoms with van der Waals surface area (Å²) >= 11 is 0. The van der Waals surface area contributed by atoms with Gasteiger partial charge in [-0.1, -0.05) is 0 Å². The molecule has 0 amide bonds. The molecule has 1 aliphatic rings. The highest BCUT2D eigenvalue weighted by Crippen LogP contribution is 2.33. The lowest BCUT2D eigenvalue weighted by Gasteiger charge is -2.44. The van der Waals surface area contributed by atoms with Gasteiger partial charge in [0.15, 0.2) is 5.78 Å². The van der Waals surface area contributed by atoms with Crippen molar-refractivity contribution in [2.75, 3.05) is 6.61 Å². The predicted molar refractivity (Wildman–Crippen MR) is 68.5 cm³/mol. The molecule has 10 heteroatoms. The number of ether oxygens (including phenoxy) is 1. The molecule has 0 bridgehead atoms. The van der Waals surface area contributed by atoms with Crippen LogP contribution in [0.25, 0.3) is 0 Å². The van der Waals surface area contributed by atoms with E-state index in [9.17, 15) is 34.1 Å². The predicted octanol–water partition coefficient (Wildman–Crippen LogP) is -2.58. The zero-order valence-corrected chi connectivity index (χ0v) is 11.5. The Morgan fingerprint density at radius 2 is 2.18 bits per heavy atom. The van der Waals surface area contributed by atoms with Crippen molar-refractivity contribution < 1.29 is 29.2 Å². The second-order valence-electron chi connectivity index (χ2n) is 5.05. The van der Waals surface area contributed by atoms with Crippen molar-refractivity contribution in [3.63, 3.8) is 0 Å². The summed E-state index contributed by atoms with van der Waals surface area (Å²) in [4.78, 5) is 36.7. The summed E-state index contributed by atoms with van der Waals surface area (Å²) in [6.07, 6.45) is -4.42. The lowest BCUT2D eigenvalue weighted by atomic mass is 9.91. The fourth-order valence-electron chi connectivity index (χ4n) is 2.43. The first-order valence-corrected chi connectivity index (χ1v) is 6.40. The lowest BCUT2D eigenvalue weighted by molar-refractivity contribution is -0.248. The Kier molecular flexibility index (Phi) is 4.29. The number of H-pyrrole nitrogens is 1. The van der Waals surface area contributed by atoms with Crippen molar-refractivity contribution in [2.45, 2.75) is 37.4 Å². The number of hydrogen-bond donors (Lipinski definition) is 4. The van der Waals surface area contributed by atoms with E-state index in [0.717, 1.165) is 6.92 Å². The van der Waals surface area contributed by atoms with E-state index in [4.69, 9.17) is 4.74 Å². The Balaban J connectivity index is 2.64. The molecule has 0 unspecified atom stereocenters. The fourth-order valence-corrected chi connectivity index (χ4v) is 2.43. The van der Waals surface area contributed by atoms with Gasteiger partial charge in [0, 0.05) is 6.42 Å². The minimum absolute atomic E-state index is 0.488. The van der Waals surface area contributed by atoms with Crippen molar-refractivity contribution >= 4 is 5.78 Å². The van der Waals surface area contributed by atoms with E-state index in [1.165, 1.54) is 0 Å². The van der Waals surface area contributed by atoms with Gasteiger partial charge in [-0.15, -0.1) is 0 Å². The lowest BCUT2D eigenvalue weighted by Crippen LogP contribution is -2.62. The van der Waals surface area contributed by atoms with E-state index < -0.39 is 59.9 Å². The highest BCUT2D eigenvalue weighted by molar-refractivity contribution is 5.83. The zero-order valence-electron chi connectivity index (χ0n) is 11.5. The smallest absolute Gasteiger partial charge is 0.331 e. The van der Waals surface area contributed by atoms with Crippen LogP contribution in [-0.2, 0) is 15.3 Å². The summed E-state index contributed by atoms with van der Waals surface area (Å²) < 4.78 is 19.3.